The second kappa shape index (κ2) is 27.1. The molecule has 0 spiro atoms. The number of hydrogen-bond acceptors (Lipinski definition) is 13. The Morgan fingerprint density at radius 1 is 0.657 bits per heavy atom. The van der Waals surface area contributed by atoms with Crippen LogP contribution in [0.5, 0.6) is 5.75 Å². The number of hydrogen-bond donors (Lipinski definition) is 13. The molecule has 2 aromatic rings. The first-order valence-corrected chi connectivity index (χ1v) is 22.2. The molecule has 1 aromatic carbocycles. The molecule has 67 heavy (non-hydrogen) atoms. The van der Waals surface area contributed by atoms with Crippen LogP contribution in [0.15, 0.2) is 36.8 Å². The van der Waals surface area contributed by atoms with Gasteiger partial charge in [-0.3, -0.25) is 43.2 Å². The van der Waals surface area contributed by atoms with Gasteiger partial charge in [0.15, 0.2) is 0 Å². The number of aromatic hydroxyl groups is 1. The minimum atomic E-state index is -1.57. The molecule has 0 bridgehead atoms. The molecule has 0 aliphatic rings. The fourth-order valence-electron chi connectivity index (χ4n) is 6.67. The van der Waals surface area contributed by atoms with E-state index in [9.17, 15) is 53.4 Å². The molecule has 2 rings (SSSR count). The highest BCUT2D eigenvalue weighted by atomic mass is 16.3. The first-order valence-electron chi connectivity index (χ1n) is 22.2. The molecule has 23 heteroatoms. The van der Waals surface area contributed by atoms with Gasteiger partial charge in [0.05, 0.1) is 24.2 Å². The molecule has 372 valence electrons. The van der Waals surface area contributed by atoms with Gasteiger partial charge in [-0.1, -0.05) is 60.1 Å². The number of primary amides is 2. The second-order valence-electron chi connectivity index (χ2n) is 17.5. The minimum absolute atomic E-state index is 0.0206. The van der Waals surface area contributed by atoms with Gasteiger partial charge in [0, 0.05) is 19.0 Å². The van der Waals surface area contributed by atoms with Gasteiger partial charge in [-0.05, 0) is 68.6 Å². The molecule has 0 unspecified atom stereocenters. The van der Waals surface area contributed by atoms with Gasteiger partial charge in [-0.25, -0.2) is 4.98 Å². The molecule has 0 radical (unpaired) electrons. The normalized spacial score (nSPS) is 15.8. The number of amides is 9. The minimum Gasteiger partial charge on any atom is -0.508 e. The lowest BCUT2D eigenvalue weighted by Gasteiger charge is -2.29. The molecule has 0 aliphatic heterocycles. The Morgan fingerprint density at radius 3 is 1.72 bits per heavy atom. The van der Waals surface area contributed by atoms with Crippen molar-refractivity contribution in [1.29, 1.82) is 0 Å². The van der Waals surface area contributed by atoms with Crippen molar-refractivity contribution >= 4 is 53.2 Å². The number of nitrogens with one attached hydrogen (secondary N) is 8. The number of nitrogens with zero attached hydrogens (tertiary/aromatic N) is 1. The summed E-state index contributed by atoms with van der Waals surface area (Å²) in [7, 11) is 0. The molecule has 0 saturated carbocycles. The lowest BCUT2D eigenvalue weighted by atomic mass is 9.97. The number of phenolic OH excluding ortho intramolecular Hbond substituents is 1. The zero-order valence-electron chi connectivity index (χ0n) is 39.4. The largest absolute Gasteiger partial charge is 0.508 e. The Labute approximate surface area is 390 Å². The molecule has 16 N–H and O–H groups in total. The maximum absolute atomic E-state index is 14.1. The predicted octanol–water partition coefficient (Wildman–Crippen LogP) is -2.48. The van der Waals surface area contributed by atoms with Crippen molar-refractivity contribution in [3.05, 3.63) is 48.0 Å². The van der Waals surface area contributed by atoms with E-state index in [1.807, 2.05) is 0 Å². The van der Waals surface area contributed by atoms with Crippen LogP contribution in [0.1, 0.15) is 92.3 Å². The number of aliphatic hydroxyl groups excluding tert-OH is 1. The Morgan fingerprint density at radius 2 is 1.19 bits per heavy atom. The Bertz CT molecular complexity index is 2000. The van der Waals surface area contributed by atoms with E-state index in [-0.39, 0.29) is 43.8 Å². The number of benzene rings is 1. The summed E-state index contributed by atoms with van der Waals surface area (Å²) in [5.41, 5.74) is 17.7. The van der Waals surface area contributed by atoms with Crippen LogP contribution in [0.25, 0.3) is 0 Å². The van der Waals surface area contributed by atoms with Crippen molar-refractivity contribution in [2.75, 3.05) is 0 Å². The Hall–Kier alpha value is -6.62. The van der Waals surface area contributed by atoms with E-state index in [2.05, 4.69) is 47.2 Å². The van der Waals surface area contributed by atoms with E-state index in [1.165, 1.54) is 38.5 Å². The summed E-state index contributed by atoms with van der Waals surface area (Å²) in [6.45, 7) is 13.0. The quantitative estimate of drug-likeness (QED) is 0.0421. The molecule has 0 fully saturated rings. The van der Waals surface area contributed by atoms with Gasteiger partial charge in [0.25, 0.3) is 0 Å². The first kappa shape index (κ1) is 56.5. The van der Waals surface area contributed by atoms with Crippen LogP contribution < -0.4 is 54.4 Å². The Kier molecular flexibility index (Phi) is 22.9. The van der Waals surface area contributed by atoms with Crippen LogP contribution in [0, 0.1) is 17.8 Å². The van der Waals surface area contributed by atoms with Gasteiger partial charge in [0.2, 0.25) is 53.2 Å². The number of nitrogens with two attached hydrogens (primary N) is 3. The molecular weight excluding hydrogens is 873 g/mol. The van der Waals surface area contributed by atoms with E-state index in [4.69, 9.17) is 17.2 Å². The average Bonchev–Trinajstić information content (AvgIpc) is 3.77. The van der Waals surface area contributed by atoms with Crippen LogP contribution in [-0.2, 0) is 56.0 Å². The van der Waals surface area contributed by atoms with Crippen LogP contribution in [-0.4, -0.2) is 128 Å². The average molecular weight is 943 g/mol. The van der Waals surface area contributed by atoms with E-state index >= 15 is 0 Å². The first-order chi connectivity index (χ1) is 31.3. The highest BCUT2D eigenvalue weighted by molar-refractivity contribution is 5.98. The Balaban J connectivity index is 2.25. The summed E-state index contributed by atoms with van der Waals surface area (Å²) in [6.07, 6.45) is 1.38. The maximum atomic E-state index is 14.1. The molecule has 9 amide bonds. The third-order valence-electron chi connectivity index (χ3n) is 10.9. The molecule has 1 aromatic heterocycles. The second-order valence-corrected chi connectivity index (χ2v) is 17.5. The summed E-state index contributed by atoms with van der Waals surface area (Å²) < 4.78 is 0. The lowest BCUT2D eigenvalue weighted by Crippen LogP contribution is -2.62. The van der Waals surface area contributed by atoms with Crippen molar-refractivity contribution in [2.45, 2.75) is 148 Å². The SMILES string of the molecule is CC[C@H](C)[C@H](NC(=O)[C@H](C)NC(=O)[C@@H](NC(=O)[C@H](CC(C)C)NC(=O)[C@H](Cc1c[nH]cn1)NC(=O)[C@@H](NC(=O)[C@@H](N)Cc1ccc(O)cc1)[C@@H](C)O)C(C)C)C(=O)N[C@@H](CCC(N)=O)C(N)=O. The molecule has 23 nitrogen and oxygen atoms in total. The van der Waals surface area contributed by atoms with Gasteiger partial charge >= 0.3 is 0 Å². The van der Waals surface area contributed by atoms with Crippen LogP contribution in [0.3, 0.4) is 0 Å². The number of imidazole rings is 1. The number of carbonyl (C=O) groups excluding carboxylic acids is 9. The summed E-state index contributed by atoms with van der Waals surface area (Å²) in [5.74, 6) is -8.35. The van der Waals surface area contributed by atoms with Gasteiger partial charge in [-0.2, -0.15) is 0 Å². The third-order valence-corrected chi connectivity index (χ3v) is 10.9. The third kappa shape index (κ3) is 19.0. The van der Waals surface area contributed by atoms with Crippen molar-refractivity contribution in [2.24, 2.45) is 35.0 Å². The topological polar surface area (TPSA) is 385 Å². The maximum Gasteiger partial charge on any atom is 0.245 e. The van der Waals surface area contributed by atoms with Crippen molar-refractivity contribution in [3.8, 4) is 5.75 Å². The number of H-pyrrole nitrogens is 1. The molecule has 10 atom stereocenters. The van der Waals surface area contributed by atoms with Crippen molar-refractivity contribution < 1.29 is 53.4 Å². The number of aliphatic hydroxyl groups is 1. The predicted molar refractivity (Wildman–Crippen MR) is 244 cm³/mol. The fraction of sp³-hybridized carbons (Fsp3) is 0.591. The molecule has 0 saturated heterocycles. The number of aromatic amines is 1. The van der Waals surface area contributed by atoms with E-state index < -0.39 is 119 Å². The highest BCUT2D eigenvalue weighted by Crippen LogP contribution is 2.14. The zero-order chi connectivity index (χ0) is 50.7. The summed E-state index contributed by atoms with van der Waals surface area (Å²) in [6, 6.07) is -4.26. The zero-order valence-corrected chi connectivity index (χ0v) is 39.4. The van der Waals surface area contributed by atoms with Crippen LogP contribution in [0.4, 0.5) is 0 Å². The summed E-state index contributed by atoms with van der Waals surface area (Å²) in [5, 5.41) is 38.1. The van der Waals surface area contributed by atoms with E-state index in [0.717, 1.165) is 0 Å². The number of carbonyl (C=O) groups is 9. The van der Waals surface area contributed by atoms with Crippen LogP contribution >= 0.6 is 0 Å². The highest BCUT2D eigenvalue weighted by Gasteiger charge is 2.36. The van der Waals surface area contributed by atoms with Crippen molar-refractivity contribution in [1.82, 2.24) is 47.2 Å². The van der Waals surface area contributed by atoms with E-state index in [1.54, 1.807) is 53.7 Å². The molecule has 0 aliphatic carbocycles. The van der Waals surface area contributed by atoms with Gasteiger partial charge < -0.3 is 69.6 Å². The molecule has 1 heterocycles. The van der Waals surface area contributed by atoms with Gasteiger partial charge in [0.1, 0.15) is 48.0 Å². The molecular formula is C44H70N12O11. The standard InChI is InChI=1S/C44H70N12O11/c1-9-23(6)35(43(66)51-30(37(47)60)14-15-33(46)59)55-38(61)24(7)50-42(65)34(22(4)5)54-41(64)31(16-21(2)3)52-40(63)32(18-27-19-48-20-49-27)53-44(67)36(25(8)57)56-39(62)29(45)17-26-10-12-28(58)13-11-26/h10-13,19-25,29-32,34-36,57-58H,9,14-18,45H2,1-8H3,(H2,46,59)(H2,47,60)(H,48,49)(H,50,65)(H,51,66)(H,52,63)(H,53,67)(H,54,64)(H,55,61)(H,56,62)/t23-,24-,25+,29-,30-,31-,32-,34-,35-,36-/m0/s1. The monoisotopic (exact) mass is 943 g/mol. The van der Waals surface area contributed by atoms with Crippen LogP contribution in [0.2, 0.25) is 0 Å². The number of aromatic nitrogens is 2. The summed E-state index contributed by atoms with van der Waals surface area (Å²) >= 11 is 0. The fourth-order valence-corrected chi connectivity index (χ4v) is 6.67. The lowest BCUT2D eigenvalue weighted by molar-refractivity contribution is -0.137. The van der Waals surface area contributed by atoms with Crippen molar-refractivity contribution in [3.63, 3.8) is 0 Å². The summed E-state index contributed by atoms with van der Waals surface area (Å²) in [4.78, 5) is 125. The number of rotatable bonds is 28. The van der Waals surface area contributed by atoms with E-state index in [0.29, 0.717) is 17.7 Å². The van der Waals surface area contributed by atoms with Gasteiger partial charge in [-0.15, -0.1) is 0 Å². The number of phenols is 1. The smallest absolute Gasteiger partial charge is 0.245 e.